The van der Waals surface area contributed by atoms with Gasteiger partial charge in [-0.1, -0.05) is 48.5 Å². The van der Waals surface area contributed by atoms with Crippen LogP contribution in [-0.2, 0) is 9.31 Å². The van der Waals surface area contributed by atoms with Gasteiger partial charge in [0.05, 0.1) is 11.2 Å². The summed E-state index contributed by atoms with van der Waals surface area (Å²) in [7, 11) is -0.375. The third kappa shape index (κ3) is 3.02. The molecule has 1 heterocycles. The molecule has 126 valence electrons. The molecule has 0 radical (unpaired) electrons. The Morgan fingerprint density at radius 3 is 1.96 bits per heavy atom. The maximum atomic E-state index is 10.6. The van der Waals surface area contributed by atoms with Crippen LogP contribution in [0.25, 0.3) is 0 Å². The third-order valence-electron chi connectivity index (χ3n) is 5.26. The Labute approximate surface area is 144 Å². The fourth-order valence-corrected chi connectivity index (χ4v) is 2.89. The molecule has 0 aliphatic carbocycles. The van der Waals surface area contributed by atoms with Gasteiger partial charge in [-0.3, -0.25) is 0 Å². The van der Waals surface area contributed by atoms with Gasteiger partial charge >= 0.3 is 7.12 Å². The van der Waals surface area contributed by atoms with Gasteiger partial charge in [0.1, 0.15) is 6.10 Å². The van der Waals surface area contributed by atoms with Crippen LogP contribution in [0.4, 0.5) is 0 Å². The van der Waals surface area contributed by atoms with Crippen LogP contribution in [0.5, 0.6) is 0 Å². The highest BCUT2D eigenvalue weighted by atomic mass is 16.7. The Morgan fingerprint density at radius 1 is 0.875 bits per heavy atom. The molecule has 4 heteroatoms. The summed E-state index contributed by atoms with van der Waals surface area (Å²) in [6, 6.07) is 15.7. The predicted octanol–water partition coefficient (Wildman–Crippen LogP) is 3.38. The second kappa shape index (κ2) is 6.03. The molecule has 1 N–H and O–H groups in total. The smallest absolute Gasteiger partial charge is 0.399 e. The van der Waals surface area contributed by atoms with Crippen molar-refractivity contribution in [2.24, 2.45) is 0 Å². The zero-order valence-corrected chi connectivity index (χ0v) is 15.0. The van der Waals surface area contributed by atoms with E-state index >= 15 is 0 Å². The summed E-state index contributed by atoms with van der Waals surface area (Å²) >= 11 is 0. The molecule has 0 aromatic heterocycles. The van der Waals surface area contributed by atoms with E-state index in [-0.39, 0.29) is 18.3 Å². The molecule has 1 atom stereocenters. The van der Waals surface area contributed by atoms with E-state index in [2.05, 4.69) is 0 Å². The van der Waals surface area contributed by atoms with Gasteiger partial charge in [-0.25, -0.2) is 0 Å². The maximum absolute atomic E-state index is 10.6. The monoisotopic (exact) mass is 324 g/mol. The molecular formula is C20H25BO3. The summed E-state index contributed by atoms with van der Waals surface area (Å²) in [6.07, 6.45) is -0.626. The van der Waals surface area contributed by atoms with Gasteiger partial charge in [0.15, 0.2) is 0 Å². The zero-order valence-electron chi connectivity index (χ0n) is 15.0. The number of aryl methyl sites for hydroxylation is 1. The van der Waals surface area contributed by atoms with Crippen molar-refractivity contribution in [3.63, 3.8) is 0 Å². The van der Waals surface area contributed by atoms with Crippen molar-refractivity contribution < 1.29 is 14.4 Å². The average molecular weight is 324 g/mol. The van der Waals surface area contributed by atoms with Crippen LogP contribution in [0.15, 0.2) is 48.5 Å². The van der Waals surface area contributed by atoms with Crippen molar-refractivity contribution in [3.8, 4) is 0 Å². The van der Waals surface area contributed by atoms with Gasteiger partial charge < -0.3 is 14.4 Å². The molecule has 0 unspecified atom stereocenters. The van der Waals surface area contributed by atoms with Crippen LogP contribution in [0.2, 0.25) is 0 Å². The minimum Gasteiger partial charge on any atom is -0.399 e. The second-order valence-electron chi connectivity index (χ2n) is 7.51. The minimum absolute atomic E-state index is 0.350. The summed E-state index contributed by atoms with van der Waals surface area (Å²) in [5.74, 6) is 0. The molecule has 0 saturated carbocycles. The first-order chi connectivity index (χ1) is 11.2. The summed E-state index contributed by atoms with van der Waals surface area (Å²) in [6.45, 7) is 10.2. The molecule has 24 heavy (non-hydrogen) atoms. The Hall–Kier alpha value is -1.62. The maximum Gasteiger partial charge on any atom is 0.494 e. The first kappa shape index (κ1) is 17.2. The van der Waals surface area contributed by atoms with Crippen LogP contribution in [-0.4, -0.2) is 23.4 Å². The molecule has 2 aromatic carbocycles. The largest absolute Gasteiger partial charge is 0.494 e. The van der Waals surface area contributed by atoms with Crippen molar-refractivity contribution in [1.29, 1.82) is 0 Å². The van der Waals surface area contributed by atoms with Gasteiger partial charge in [0.2, 0.25) is 0 Å². The lowest BCUT2D eigenvalue weighted by atomic mass is 9.78. The summed E-state index contributed by atoms with van der Waals surface area (Å²) in [4.78, 5) is 0. The zero-order chi connectivity index (χ0) is 17.5. The minimum atomic E-state index is -0.626. The molecule has 0 amide bonds. The van der Waals surface area contributed by atoms with E-state index in [1.54, 1.807) is 0 Å². The van der Waals surface area contributed by atoms with Gasteiger partial charge in [-0.2, -0.15) is 0 Å². The Balaban J connectivity index is 1.81. The topological polar surface area (TPSA) is 38.7 Å². The van der Waals surface area contributed by atoms with E-state index in [0.29, 0.717) is 0 Å². The molecule has 3 nitrogen and oxygen atoms in total. The van der Waals surface area contributed by atoms with Crippen LogP contribution in [0.1, 0.15) is 50.5 Å². The predicted molar refractivity (Wildman–Crippen MR) is 97.4 cm³/mol. The molecule has 1 aliphatic heterocycles. The average Bonchev–Trinajstić information content (AvgIpc) is 2.75. The quantitative estimate of drug-likeness (QED) is 0.880. The van der Waals surface area contributed by atoms with Crippen molar-refractivity contribution in [3.05, 3.63) is 65.2 Å². The van der Waals surface area contributed by atoms with Gasteiger partial charge in [0.25, 0.3) is 0 Å². The van der Waals surface area contributed by atoms with Gasteiger partial charge in [-0.05, 0) is 56.8 Å². The highest BCUT2D eigenvalue weighted by Gasteiger charge is 2.51. The molecule has 2 aromatic rings. The van der Waals surface area contributed by atoms with Gasteiger partial charge in [0, 0.05) is 0 Å². The van der Waals surface area contributed by atoms with Crippen LogP contribution in [0, 0.1) is 6.92 Å². The van der Waals surface area contributed by atoms with Crippen molar-refractivity contribution in [1.82, 2.24) is 0 Å². The third-order valence-corrected chi connectivity index (χ3v) is 5.26. The first-order valence-electron chi connectivity index (χ1n) is 8.40. The van der Waals surface area contributed by atoms with E-state index in [0.717, 1.165) is 22.2 Å². The number of aliphatic hydroxyl groups excluding tert-OH is 1. The van der Waals surface area contributed by atoms with Crippen molar-refractivity contribution in [2.45, 2.75) is 51.9 Å². The molecule has 0 bridgehead atoms. The van der Waals surface area contributed by atoms with Gasteiger partial charge in [-0.15, -0.1) is 0 Å². The van der Waals surface area contributed by atoms with E-state index < -0.39 is 6.10 Å². The van der Waals surface area contributed by atoms with Crippen LogP contribution in [0.3, 0.4) is 0 Å². The molecule has 1 aliphatic rings. The Morgan fingerprint density at radius 2 is 1.42 bits per heavy atom. The first-order valence-corrected chi connectivity index (χ1v) is 8.40. The number of rotatable bonds is 3. The lowest BCUT2D eigenvalue weighted by Gasteiger charge is -2.32. The van der Waals surface area contributed by atoms with E-state index in [4.69, 9.17) is 9.31 Å². The summed E-state index contributed by atoms with van der Waals surface area (Å²) in [5.41, 5.74) is 3.15. The SMILES string of the molecule is Cc1ccccc1[C@H](O)c1ccc(B2OC(C)(C)C(C)(C)O2)cc1. The Kier molecular flexibility index (Phi) is 4.33. The highest BCUT2D eigenvalue weighted by molar-refractivity contribution is 6.62. The highest BCUT2D eigenvalue weighted by Crippen LogP contribution is 2.36. The number of aliphatic hydroxyl groups is 1. The molecule has 0 spiro atoms. The Bertz CT molecular complexity index is 706. The van der Waals surface area contributed by atoms with E-state index in [9.17, 15) is 5.11 Å². The van der Waals surface area contributed by atoms with Crippen molar-refractivity contribution >= 4 is 12.6 Å². The second-order valence-corrected chi connectivity index (χ2v) is 7.51. The lowest BCUT2D eigenvalue weighted by molar-refractivity contribution is 0.00578. The van der Waals surface area contributed by atoms with Crippen molar-refractivity contribution in [2.75, 3.05) is 0 Å². The number of hydrogen-bond acceptors (Lipinski definition) is 3. The molecule has 1 fully saturated rings. The molecule has 3 rings (SSSR count). The lowest BCUT2D eigenvalue weighted by Crippen LogP contribution is -2.41. The number of benzene rings is 2. The normalized spacial score (nSPS) is 20.2. The fraction of sp³-hybridized carbons (Fsp3) is 0.400. The van der Waals surface area contributed by atoms with Crippen LogP contribution < -0.4 is 5.46 Å². The molecule has 1 saturated heterocycles. The number of hydrogen-bond donors (Lipinski definition) is 1. The van der Waals surface area contributed by atoms with E-state index in [1.165, 1.54) is 0 Å². The standard InChI is InChI=1S/C20H25BO3/c1-14-8-6-7-9-17(14)18(22)15-10-12-16(13-11-15)21-23-19(2,3)20(4,5)24-21/h6-13,18,22H,1-5H3/t18-/m1/s1. The van der Waals surface area contributed by atoms with E-state index in [1.807, 2.05) is 83.1 Å². The fourth-order valence-electron chi connectivity index (χ4n) is 2.89. The summed E-state index contributed by atoms with van der Waals surface area (Å²) < 4.78 is 12.1. The van der Waals surface area contributed by atoms with Crippen LogP contribution >= 0.6 is 0 Å². The summed E-state index contributed by atoms with van der Waals surface area (Å²) in [5, 5.41) is 10.6. The molecular weight excluding hydrogens is 299 g/mol.